The Balaban J connectivity index is 1.49. The molecule has 0 amide bonds. The third kappa shape index (κ3) is 3.41. The van der Waals surface area contributed by atoms with E-state index >= 15 is 0 Å². The van der Waals surface area contributed by atoms with Gasteiger partial charge >= 0.3 is 0 Å². The maximum atomic E-state index is 9.08. The molecule has 1 unspecified atom stereocenters. The van der Waals surface area contributed by atoms with Gasteiger partial charge in [-0.25, -0.2) is 0 Å². The van der Waals surface area contributed by atoms with Gasteiger partial charge in [0, 0.05) is 42.5 Å². The highest BCUT2D eigenvalue weighted by Gasteiger charge is 2.45. The van der Waals surface area contributed by atoms with Crippen LogP contribution in [-0.4, -0.2) is 43.0 Å². The molecule has 5 heteroatoms. The zero-order chi connectivity index (χ0) is 17.8. The molecular weight excluding hydrogens is 340 g/mol. The Labute approximate surface area is 160 Å². The lowest BCUT2D eigenvalue weighted by atomic mass is 9.70. The Morgan fingerprint density at radius 3 is 3.08 bits per heavy atom. The standard InChI is InChI=1S/C21H26N4S/c22-8-6-17-4-5-20-21(14-17)16-26-15-18(21)19(7-9-24-20)23-10-13-25-11-2-1-3-12-25/h5-7,9,15,23H,1-4,10-14,16H2. The van der Waals surface area contributed by atoms with Crippen molar-refractivity contribution in [2.75, 3.05) is 31.9 Å². The van der Waals surface area contributed by atoms with E-state index in [4.69, 9.17) is 10.3 Å². The van der Waals surface area contributed by atoms with Crippen molar-refractivity contribution in [1.29, 1.82) is 5.26 Å². The Kier molecular flexibility index (Phi) is 5.33. The number of nitrogens with one attached hydrogen (secondary N) is 1. The second-order valence-electron chi connectivity index (χ2n) is 7.51. The zero-order valence-electron chi connectivity index (χ0n) is 15.2. The van der Waals surface area contributed by atoms with Gasteiger partial charge < -0.3 is 10.2 Å². The molecule has 0 aromatic heterocycles. The molecule has 4 nitrogen and oxygen atoms in total. The predicted octanol–water partition coefficient (Wildman–Crippen LogP) is 3.77. The first kappa shape index (κ1) is 17.6. The first-order valence-corrected chi connectivity index (χ1v) is 10.7. The van der Waals surface area contributed by atoms with E-state index in [9.17, 15) is 0 Å². The summed E-state index contributed by atoms with van der Waals surface area (Å²) < 4.78 is 0. The lowest BCUT2D eigenvalue weighted by molar-refractivity contribution is 0.231. The molecule has 4 rings (SSSR count). The van der Waals surface area contributed by atoms with E-state index in [-0.39, 0.29) is 5.41 Å². The van der Waals surface area contributed by atoms with E-state index in [0.29, 0.717) is 0 Å². The summed E-state index contributed by atoms with van der Waals surface area (Å²) >= 11 is 1.87. The van der Waals surface area contributed by atoms with Crippen LogP contribution in [0.3, 0.4) is 0 Å². The van der Waals surface area contributed by atoms with Crippen LogP contribution in [0.4, 0.5) is 0 Å². The number of piperidine rings is 1. The zero-order valence-corrected chi connectivity index (χ0v) is 16.0. The third-order valence-corrected chi connectivity index (χ3v) is 6.89. The van der Waals surface area contributed by atoms with E-state index in [1.807, 2.05) is 18.0 Å². The Morgan fingerprint density at radius 1 is 1.35 bits per heavy atom. The van der Waals surface area contributed by atoms with E-state index < -0.39 is 0 Å². The second-order valence-corrected chi connectivity index (χ2v) is 8.37. The molecule has 0 bridgehead atoms. The van der Waals surface area contributed by atoms with Crippen molar-refractivity contribution in [2.45, 2.75) is 32.1 Å². The Morgan fingerprint density at radius 2 is 2.23 bits per heavy atom. The molecule has 26 heavy (non-hydrogen) atoms. The van der Waals surface area contributed by atoms with Gasteiger partial charge in [0.25, 0.3) is 0 Å². The quantitative estimate of drug-likeness (QED) is 0.770. The summed E-state index contributed by atoms with van der Waals surface area (Å²) in [6.07, 6.45) is 13.8. The van der Waals surface area contributed by atoms with Crippen molar-refractivity contribution in [3.8, 4) is 6.07 Å². The number of aliphatic imine (C=N–C) groups is 1. The highest BCUT2D eigenvalue weighted by atomic mass is 32.2. The third-order valence-electron chi connectivity index (χ3n) is 5.83. The lowest BCUT2D eigenvalue weighted by Gasteiger charge is -2.36. The lowest BCUT2D eigenvalue weighted by Crippen LogP contribution is -2.37. The molecule has 0 saturated carbocycles. The maximum Gasteiger partial charge on any atom is 0.0911 e. The number of hydrogen-bond donors (Lipinski definition) is 1. The average molecular weight is 367 g/mol. The highest BCUT2D eigenvalue weighted by molar-refractivity contribution is 8.02. The summed E-state index contributed by atoms with van der Waals surface area (Å²) in [6.45, 7) is 4.54. The molecule has 1 saturated heterocycles. The number of thioether (sulfide) groups is 1. The van der Waals surface area contributed by atoms with E-state index in [1.54, 1.807) is 6.08 Å². The first-order valence-electron chi connectivity index (χ1n) is 9.63. The molecule has 0 aromatic carbocycles. The van der Waals surface area contributed by atoms with E-state index in [2.05, 4.69) is 33.8 Å². The number of nitrogens with zero attached hydrogens (tertiary/aromatic N) is 3. The Bertz CT molecular complexity index is 746. The minimum absolute atomic E-state index is 0.0669. The van der Waals surface area contributed by atoms with Crippen LogP contribution < -0.4 is 5.32 Å². The molecule has 1 aliphatic carbocycles. The molecule has 3 aliphatic heterocycles. The van der Waals surface area contributed by atoms with E-state index in [1.165, 1.54) is 54.9 Å². The van der Waals surface area contributed by atoms with Gasteiger partial charge in [-0.2, -0.15) is 5.26 Å². The van der Waals surface area contributed by atoms with Crippen LogP contribution in [0.25, 0.3) is 0 Å². The van der Waals surface area contributed by atoms with Crippen LogP contribution in [-0.2, 0) is 0 Å². The SMILES string of the molecule is N#CC=C1CC=C2N=CC=C(NCCN3CCCCC3)C3=CSCC23C1. The van der Waals surface area contributed by atoms with Gasteiger partial charge in [0.2, 0.25) is 0 Å². The molecule has 0 aromatic rings. The second kappa shape index (κ2) is 7.85. The highest BCUT2D eigenvalue weighted by Crippen LogP contribution is 2.55. The van der Waals surface area contributed by atoms with Gasteiger partial charge in [0.05, 0.1) is 11.5 Å². The minimum Gasteiger partial charge on any atom is -0.383 e. The monoisotopic (exact) mass is 366 g/mol. The fourth-order valence-electron chi connectivity index (χ4n) is 4.46. The molecule has 1 fully saturated rings. The summed E-state index contributed by atoms with van der Waals surface area (Å²) in [5, 5.41) is 15.1. The van der Waals surface area contributed by atoms with Gasteiger partial charge in [-0.3, -0.25) is 4.99 Å². The maximum absolute atomic E-state index is 9.08. The summed E-state index contributed by atoms with van der Waals surface area (Å²) in [4.78, 5) is 7.33. The summed E-state index contributed by atoms with van der Waals surface area (Å²) in [5.41, 5.74) is 4.89. The van der Waals surface area contributed by atoms with Gasteiger partial charge in [-0.1, -0.05) is 18.1 Å². The molecule has 0 radical (unpaired) electrons. The van der Waals surface area contributed by atoms with Crippen molar-refractivity contribution in [1.82, 2.24) is 10.2 Å². The van der Waals surface area contributed by atoms with Crippen molar-refractivity contribution < 1.29 is 0 Å². The van der Waals surface area contributed by atoms with Crippen LogP contribution in [0.15, 0.2) is 51.2 Å². The van der Waals surface area contributed by atoms with Crippen LogP contribution in [0.1, 0.15) is 32.1 Å². The fourth-order valence-corrected chi connectivity index (χ4v) is 5.75. The molecular formula is C21H26N4S. The number of hydrogen-bond acceptors (Lipinski definition) is 5. The van der Waals surface area contributed by atoms with Gasteiger partial charge in [-0.15, -0.1) is 11.8 Å². The molecule has 136 valence electrons. The van der Waals surface area contributed by atoms with Crippen molar-refractivity contribution >= 4 is 18.0 Å². The van der Waals surface area contributed by atoms with Gasteiger partial charge in [-0.05, 0) is 55.8 Å². The summed E-state index contributed by atoms with van der Waals surface area (Å²) in [6, 6.07) is 2.22. The minimum atomic E-state index is -0.0669. The normalized spacial score (nSPS) is 29.8. The van der Waals surface area contributed by atoms with Crippen LogP contribution >= 0.6 is 11.8 Å². The summed E-state index contributed by atoms with van der Waals surface area (Å²) in [7, 11) is 0. The topological polar surface area (TPSA) is 51.4 Å². The predicted molar refractivity (Wildman–Crippen MR) is 109 cm³/mol. The average Bonchev–Trinajstić information content (AvgIpc) is 3.00. The molecule has 3 heterocycles. The molecule has 1 N–H and O–H groups in total. The first-order chi connectivity index (χ1) is 12.8. The van der Waals surface area contributed by atoms with Crippen LogP contribution in [0.2, 0.25) is 0 Å². The molecule has 1 atom stereocenters. The smallest absolute Gasteiger partial charge is 0.0911 e. The van der Waals surface area contributed by atoms with Crippen LogP contribution in [0.5, 0.6) is 0 Å². The molecule has 4 aliphatic rings. The van der Waals surface area contributed by atoms with Crippen molar-refractivity contribution in [3.63, 3.8) is 0 Å². The van der Waals surface area contributed by atoms with Crippen molar-refractivity contribution in [2.24, 2.45) is 10.4 Å². The number of nitriles is 1. The largest absolute Gasteiger partial charge is 0.383 e. The number of likely N-dealkylation sites (tertiary alicyclic amines) is 1. The number of allylic oxidation sites excluding steroid dienone is 6. The van der Waals surface area contributed by atoms with E-state index in [0.717, 1.165) is 31.7 Å². The van der Waals surface area contributed by atoms with Crippen LogP contribution in [0, 0.1) is 16.7 Å². The number of rotatable bonds is 4. The van der Waals surface area contributed by atoms with Crippen molar-refractivity contribution in [3.05, 3.63) is 46.2 Å². The van der Waals surface area contributed by atoms with Gasteiger partial charge in [0.15, 0.2) is 0 Å². The fraction of sp³-hybridized carbons (Fsp3) is 0.524. The molecule has 1 spiro atoms. The summed E-state index contributed by atoms with van der Waals surface area (Å²) in [5.74, 6) is 1.01. The Hall–Kier alpha value is -1.77. The van der Waals surface area contributed by atoms with Gasteiger partial charge in [0.1, 0.15) is 0 Å².